The summed E-state index contributed by atoms with van der Waals surface area (Å²) >= 11 is 0. The Morgan fingerprint density at radius 3 is 2.56 bits per heavy atom. The maximum atomic E-state index is 11.5. The second-order valence-corrected chi connectivity index (χ2v) is 4.07. The standard InChI is InChI=1S/C11H18N2O5/c1-3-10(14)17-8-9-18-11(15)12-13(2)4-6-16-7-5-13/h3H,1,4-9H2,2H3/p+1. The fourth-order valence-electron chi connectivity index (χ4n) is 1.45. The Hall–Kier alpha value is -1.60. The number of hydrogen-bond acceptors (Lipinski definition) is 5. The third kappa shape index (κ3) is 5.15. The normalized spacial score (nSPS) is 17.6. The molecule has 0 spiro atoms. The van der Waals surface area contributed by atoms with E-state index < -0.39 is 12.1 Å². The van der Waals surface area contributed by atoms with Gasteiger partial charge in [-0.25, -0.2) is 14.2 Å². The lowest BCUT2D eigenvalue weighted by Gasteiger charge is -2.35. The van der Waals surface area contributed by atoms with E-state index in [9.17, 15) is 9.59 Å². The van der Waals surface area contributed by atoms with E-state index in [1.54, 1.807) is 0 Å². The van der Waals surface area contributed by atoms with Gasteiger partial charge in [0, 0.05) is 6.08 Å². The van der Waals surface area contributed by atoms with Crippen LogP contribution in [0.3, 0.4) is 0 Å². The van der Waals surface area contributed by atoms with Gasteiger partial charge in [0.15, 0.2) is 0 Å². The number of rotatable bonds is 5. The van der Waals surface area contributed by atoms with Crippen LogP contribution < -0.4 is 5.43 Å². The van der Waals surface area contributed by atoms with Gasteiger partial charge in [-0.3, -0.25) is 0 Å². The molecule has 0 aromatic carbocycles. The Labute approximate surface area is 106 Å². The van der Waals surface area contributed by atoms with Crippen LogP contribution >= 0.6 is 0 Å². The van der Waals surface area contributed by atoms with Crippen LogP contribution in [0.15, 0.2) is 12.7 Å². The van der Waals surface area contributed by atoms with Crippen molar-refractivity contribution in [1.82, 2.24) is 5.43 Å². The van der Waals surface area contributed by atoms with Crippen LogP contribution in [0.1, 0.15) is 0 Å². The van der Waals surface area contributed by atoms with Crippen molar-refractivity contribution in [2.45, 2.75) is 0 Å². The second-order valence-electron chi connectivity index (χ2n) is 4.07. The number of nitrogens with one attached hydrogen (secondary N) is 1. The molecule has 1 aliphatic heterocycles. The number of esters is 1. The molecule has 1 saturated heterocycles. The lowest BCUT2D eigenvalue weighted by atomic mass is 10.4. The summed E-state index contributed by atoms with van der Waals surface area (Å²) in [6.07, 6.45) is 0.522. The van der Waals surface area contributed by atoms with Gasteiger partial charge in [0.1, 0.15) is 26.3 Å². The second kappa shape index (κ2) is 6.97. The molecule has 7 heteroatoms. The highest BCUT2D eigenvalue weighted by Crippen LogP contribution is 2.03. The third-order valence-electron chi connectivity index (χ3n) is 2.55. The van der Waals surface area contributed by atoms with Crippen molar-refractivity contribution >= 4 is 12.1 Å². The van der Waals surface area contributed by atoms with Crippen LogP contribution in [0, 0.1) is 0 Å². The summed E-state index contributed by atoms with van der Waals surface area (Å²) in [6, 6.07) is 0. The van der Waals surface area contributed by atoms with Crippen molar-refractivity contribution in [2.75, 3.05) is 46.6 Å². The summed E-state index contributed by atoms with van der Waals surface area (Å²) in [6.45, 7) is 5.89. The molecule has 7 nitrogen and oxygen atoms in total. The summed E-state index contributed by atoms with van der Waals surface area (Å²) in [4.78, 5) is 22.2. The lowest BCUT2D eigenvalue weighted by molar-refractivity contribution is -0.950. The van der Waals surface area contributed by atoms with E-state index in [4.69, 9.17) is 9.47 Å². The number of morpholine rings is 1. The molecule has 1 rings (SSSR count). The first-order valence-corrected chi connectivity index (χ1v) is 5.72. The van der Waals surface area contributed by atoms with Gasteiger partial charge in [-0.15, -0.1) is 0 Å². The van der Waals surface area contributed by atoms with Crippen molar-refractivity contribution < 1.29 is 28.4 Å². The predicted octanol–water partition coefficient (Wildman–Crippen LogP) is -0.166. The van der Waals surface area contributed by atoms with E-state index in [2.05, 4.69) is 16.7 Å². The molecule has 0 saturated carbocycles. The largest absolute Gasteiger partial charge is 0.459 e. The number of quaternary nitrogens is 1. The van der Waals surface area contributed by atoms with Gasteiger partial charge >= 0.3 is 12.1 Å². The Balaban J connectivity index is 2.16. The van der Waals surface area contributed by atoms with Crippen LogP contribution in [0.25, 0.3) is 0 Å². The molecule has 0 aliphatic carbocycles. The first-order chi connectivity index (χ1) is 8.56. The molecule has 0 unspecified atom stereocenters. The average molecular weight is 259 g/mol. The highest BCUT2D eigenvalue weighted by atomic mass is 16.6. The third-order valence-corrected chi connectivity index (χ3v) is 2.55. The first kappa shape index (κ1) is 14.5. The fourth-order valence-corrected chi connectivity index (χ4v) is 1.45. The summed E-state index contributed by atoms with van der Waals surface area (Å²) in [7, 11) is 1.89. The van der Waals surface area contributed by atoms with Crippen molar-refractivity contribution in [3.8, 4) is 0 Å². The number of carbonyl (C=O) groups is 2. The van der Waals surface area contributed by atoms with Crippen LogP contribution in [0.5, 0.6) is 0 Å². The molecule has 0 radical (unpaired) electrons. The minimum Gasteiger partial charge on any atom is -0.459 e. The van der Waals surface area contributed by atoms with E-state index in [1.807, 2.05) is 7.05 Å². The maximum absolute atomic E-state index is 11.5. The Bertz CT molecular complexity index is 313. The molecule has 1 N–H and O–H groups in total. The summed E-state index contributed by atoms with van der Waals surface area (Å²) < 4.78 is 15.1. The van der Waals surface area contributed by atoms with Crippen LogP contribution in [0.4, 0.5) is 4.79 Å². The highest BCUT2D eigenvalue weighted by Gasteiger charge is 2.28. The number of carbonyl (C=O) groups excluding carboxylic acids is 2. The van der Waals surface area contributed by atoms with Crippen LogP contribution in [-0.4, -0.2) is 63.2 Å². The zero-order valence-corrected chi connectivity index (χ0v) is 10.5. The van der Waals surface area contributed by atoms with Crippen molar-refractivity contribution in [2.24, 2.45) is 0 Å². The molecule has 0 bridgehead atoms. The summed E-state index contributed by atoms with van der Waals surface area (Å²) in [5.41, 5.74) is 2.73. The zero-order valence-electron chi connectivity index (χ0n) is 10.5. The summed E-state index contributed by atoms with van der Waals surface area (Å²) in [5.74, 6) is -0.536. The lowest BCUT2D eigenvalue weighted by Crippen LogP contribution is -2.62. The van der Waals surface area contributed by atoms with Crippen molar-refractivity contribution in [1.29, 1.82) is 0 Å². The molecule has 1 aliphatic rings. The molecule has 102 valence electrons. The highest BCUT2D eigenvalue weighted by molar-refractivity contribution is 5.81. The quantitative estimate of drug-likeness (QED) is 0.321. The molecule has 0 aromatic rings. The Kier molecular flexibility index (Phi) is 5.60. The number of hydrogen-bond donors (Lipinski definition) is 1. The minimum atomic E-state index is -0.536. The van der Waals surface area contributed by atoms with Gasteiger partial charge in [-0.1, -0.05) is 6.58 Å². The first-order valence-electron chi connectivity index (χ1n) is 5.72. The van der Waals surface area contributed by atoms with Gasteiger partial charge < -0.3 is 14.2 Å². The minimum absolute atomic E-state index is 0.0158. The Morgan fingerprint density at radius 2 is 1.94 bits per heavy atom. The van der Waals surface area contributed by atoms with E-state index in [0.717, 1.165) is 6.08 Å². The maximum Gasteiger partial charge on any atom is 0.452 e. The Morgan fingerprint density at radius 1 is 1.33 bits per heavy atom. The smallest absolute Gasteiger partial charge is 0.452 e. The van der Waals surface area contributed by atoms with E-state index in [-0.39, 0.29) is 13.2 Å². The topological polar surface area (TPSA) is 73.9 Å². The zero-order chi connectivity index (χ0) is 13.4. The molecule has 0 atom stereocenters. The monoisotopic (exact) mass is 259 g/mol. The number of nitrogens with zero attached hydrogens (tertiary/aromatic N) is 1. The van der Waals surface area contributed by atoms with E-state index >= 15 is 0 Å². The number of amides is 1. The van der Waals surface area contributed by atoms with Gasteiger partial charge in [0.25, 0.3) is 0 Å². The SMILES string of the molecule is C=CC(=O)OCCOC(=O)N[N+]1(C)CCOCC1. The number of likely N-dealkylation sites (N-methyl/N-ethyl adjacent to an activating group) is 1. The average Bonchev–Trinajstić information content (AvgIpc) is 2.34. The van der Waals surface area contributed by atoms with Gasteiger partial charge in [-0.05, 0) is 0 Å². The molecule has 1 heterocycles. The van der Waals surface area contributed by atoms with E-state index in [1.165, 1.54) is 0 Å². The molecular formula is C11H19N2O5+. The molecular weight excluding hydrogens is 240 g/mol. The van der Waals surface area contributed by atoms with Crippen LogP contribution in [0.2, 0.25) is 0 Å². The van der Waals surface area contributed by atoms with Gasteiger partial charge in [0.2, 0.25) is 0 Å². The van der Waals surface area contributed by atoms with Gasteiger partial charge in [-0.2, -0.15) is 5.43 Å². The van der Waals surface area contributed by atoms with Crippen molar-refractivity contribution in [3.05, 3.63) is 12.7 Å². The van der Waals surface area contributed by atoms with E-state index in [0.29, 0.717) is 30.9 Å². The predicted molar refractivity (Wildman–Crippen MR) is 62.4 cm³/mol. The molecule has 1 fully saturated rings. The van der Waals surface area contributed by atoms with Crippen molar-refractivity contribution in [3.63, 3.8) is 0 Å². The molecule has 1 amide bonds. The summed E-state index contributed by atoms with van der Waals surface area (Å²) in [5, 5.41) is 0. The van der Waals surface area contributed by atoms with Crippen LogP contribution in [-0.2, 0) is 19.0 Å². The fraction of sp³-hybridized carbons (Fsp3) is 0.636. The van der Waals surface area contributed by atoms with Gasteiger partial charge in [0.05, 0.1) is 20.3 Å². The number of ether oxygens (including phenoxy) is 3. The molecule has 0 aromatic heterocycles. The molecule has 18 heavy (non-hydrogen) atoms.